The van der Waals surface area contributed by atoms with E-state index in [2.05, 4.69) is 25.0 Å². The Morgan fingerprint density at radius 3 is 2.57 bits per heavy atom. The van der Waals surface area contributed by atoms with E-state index in [0.717, 1.165) is 25.3 Å². The zero-order valence-corrected chi connectivity index (χ0v) is 9.55. The summed E-state index contributed by atoms with van der Waals surface area (Å²) in [6.45, 7) is 11.4. The summed E-state index contributed by atoms with van der Waals surface area (Å²) < 4.78 is 5.01. The van der Waals surface area contributed by atoms with Crippen LogP contribution < -0.4 is 0 Å². The summed E-state index contributed by atoms with van der Waals surface area (Å²) in [4.78, 5) is 2.10. The molecular formula is C12H21NO. The molecular weight excluding hydrogens is 174 g/mol. The van der Waals surface area contributed by atoms with Gasteiger partial charge in [-0.05, 0) is 12.0 Å². The third-order valence-corrected chi connectivity index (χ3v) is 2.16. The van der Waals surface area contributed by atoms with Crippen molar-refractivity contribution < 1.29 is 4.74 Å². The highest BCUT2D eigenvalue weighted by atomic mass is 16.5. The van der Waals surface area contributed by atoms with E-state index in [0.29, 0.717) is 0 Å². The van der Waals surface area contributed by atoms with Gasteiger partial charge >= 0.3 is 0 Å². The molecule has 2 nitrogen and oxygen atoms in total. The van der Waals surface area contributed by atoms with E-state index in [9.17, 15) is 0 Å². The molecule has 0 aliphatic heterocycles. The normalized spacial score (nSPS) is 11.2. The zero-order chi connectivity index (χ0) is 11.0. The topological polar surface area (TPSA) is 12.5 Å². The van der Waals surface area contributed by atoms with Crippen LogP contribution in [0.3, 0.4) is 0 Å². The fraction of sp³-hybridized carbons (Fsp3) is 0.500. The maximum absolute atomic E-state index is 5.01. The standard InChI is InChI=1S/C12H21NO/c1-6-8-12(7-2)11(3)13(4)9-10-14-5/h6,8H,1,3,7,9-10H2,2,4-5H3/b12-8-. The molecule has 80 valence electrons. The lowest BCUT2D eigenvalue weighted by atomic mass is 10.1. The number of nitrogens with zero attached hydrogens (tertiary/aromatic N) is 1. The Balaban J connectivity index is 4.27. The van der Waals surface area contributed by atoms with E-state index in [1.54, 1.807) is 13.2 Å². The summed E-state index contributed by atoms with van der Waals surface area (Å²) >= 11 is 0. The van der Waals surface area contributed by atoms with Gasteiger partial charge in [-0.2, -0.15) is 0 Å². The summed E-state index contributed by atoms with van der Waals surface area (Å²) in [7, 11) is 3.73. The fourth-order valence-electron chi connectivity index (χ4n) is 1.17. The number of likely N-dealkylation sites (N-methyl/N-ethyl adjacent to an activating group) is 1. The van der Waals surface area contributed by atoms with Crippen molar-refractivity contribution in [2.24, 2.45) is 0 Å². The van der Waals surface area contributed by atoms with Crippen molar-refractivity contribution in [1.29, 1.82) is 0 Å². The lowest BCUT2D eigenvalue weighted by molar-refractivity contribution is 0.174. The maximum atomic E-state index is 5.01. The molecule has 0 aromatic heterocycles. The number of hydrogen-bond acceptors (Lipinski definition) is 2. The average Bonchev–Trinajstić information content (AvgIpc) is 2.21. The van der Waals surface area contributed by atoms with Crippen LogP contribution in [0.2, 0.25) is 0 Å². The highest BCUT2D eigenvalue weighted by Crippen LogP contribution is 2.14. The van der Waals surface area contributed by atoms with Crippen LogP contribution in [0.25, 0.3) is 0 Å². The molecule has 0 amide bonds. The van der Waals surface area contributed by atoms with Gasteiger partial charge in [0.1, 0.15) is 0 Å². The molecule has 0 aromatic carbocycles. The van der Waals surface area contributed by atoms with Gasteiger partial charge < -0.3 is 9.64 Å². The first kappa shape index (κ1) is 13.0. The smallest absolute Gasteiger partial charge is 0.0637 e. The zero-order valence-electron chi connectivity index (χ0n) is 9.55. The van der Waals surface area contributed by atoms with Crippen LogP contribution in [-0.4, -0.2) is 32.2 Å². The number of ether oxygens (including phenoxy) is 1. The molecule has 0 spiro atoms. The van der Waals surface area contributed by atoms with Crippen LogP contribution in [0.1, 0.15) is 13.3 Å². The Hall–Kier alpha value is -1.02. The summed E-state index contributed by atoms with van der Waals surface area (Å²) in [5.41, 5.74) is 2.27. The average molecular weight is 195 g/mol. The van der Waals surface area contributed by atoms with Crippen LogP contribution in [0.5, 0.6) is 0 Å². The number of hydrogen-bond donors (Lipinski definition) is 0. The molecule has 0 aliphatic carbocycles. The molecule has 0 unspecified atom stereocenters. The van der Waals surface area contributed by atoms with Crippen molar-refractivity contribution in [3.05, 3.63) is 36.6 Å². The molecule has 0 radical (unpaired) electrons. The second-order valence-corrected chi connectivity index (χ2v) is 3.14. The van der Waals surface area contributed by atoms with Gasteiger partial charge in [0.2, 0.25) is 0 Å². The minimum Gasteiger partial charge on any atom is -0.383 e. The van der Waals surface area contributed by atoms with Crippen LogP contribution >= 0.6 is 0 Å². The Morgan fingerprint density at radius 2 is 2.14 bits per heavy atom. The SMILES string of the molecule is C=C/C=C(/CC)C(=C)N(C)CCOC. The summed E-state index contributed by atoms with van der Waals surface area (Å²) in [6, 6.07) is 0. The van der Waals surface area contributed by atoms with Crippen molar-refractivity contribution in [3.63, 3.8) is 0 Å². The fourth-order valence-corrected chi connectivity index (χ4v) is 1.17. The highest BCUT2D eigenvalue weighted by molar-refractivity contribution is 5.29. The second-order valence-electron chi connectivity index (χ2n) is 3.14. The third-order valence-electron chi connectivity index (χ3n) is 2.16. The third kappa shape index (κ3) is 4.28. The van der Waals surface area contributed by atoms with Crippen molar-refractivity contribution in [2.75, 3.05) is 27.3 Å². The largest absolute Gasteiger partial charge is 0.383 e. The number of allylic oxidation sites excluding steroid dienone is 3. The first-order valence-electron chi connectivity index (χ1n) is 4.88. The van der Waals surface area contributed by atoms with Gasteiger partial charge in [0.15, 0.2) is 0 Å². The van der Waals surface area contributed by atoms with Crippen molar-refractivity contribution in [3.8, 4) is 0 Å². The maximum Gasteiger partial charge on any atom is 0.0637 e. The quantitative estimate of drug-likeness (QED) is 0.579. The van der Waals surface area contributed by atoms with Gasteiger partial charge in [-0.1, -0.05) is 32.2 Å². The van der Waals surface area contributed by atoms with Gasteiger partial charge in [0, 0.05) is 26.4 Å². The molecule has 14 heavy (non-hydrogen) atoms. The first-order valence-corrected chi connectivity index (χ1v) is 4.88. The van der Waals surface area contributed by atoms with Gasteiger partial charge in [-0.25, -0.2) is 0 Å². The van der Waals surface area contributed by atoms with Crippen molar-refractivity contribution >= 4 is 0 Å². The predicted octanol–water partition coefficient (Wildman–Crippen LogP) is 2.60. The van der Waals surface area contributed by atoms with Crippen LogP contribution in [0, 0.1) is 0 Å². The molecule has 0 aliphatic rings. The highest BCUT2D eigenvalue weighted by Gasteiger charge is 2.04. The lowest BCUT2D eigenvalue weighted by Crippen LogP contribution is -2.22. The molecule has 2 heteroatoms. The Kier molecular flexibility index (Phi) is 6.85. The molecule has 0 saturated heterocycles. The van der Waals surface area contributed by atoms with Gasteiger partial charge in [0.25, 0.3) is 0 Å². The molecule has 0 bridgehead atoms. The Labute approximate surface area is 87.6 Å². The van der Waals surface area contributed by atoms with E-state index in [1.807, 2.05) is 13.1 Å². The van der Waals surface area contributed by atoms with E-state index in [1.165, 1.54) is 5.57 Å². The molecule has 0 fully saturated rings. The predicted molar refractivity (Wildman–Crippen MR) is 62.2 cm³/mol. The van der Waals surface area contributed by atoms with Gasteiger partial charge in [-0.15, -0.1) is 0 Å². The Morgan fingerprint density at radius 1 is 1.50 bits per heavy atom. The lowest BCUT2D eigenvalue weighted by Gasteiger charge is -2.22. The first-order chi connectivity index (χ1) is 6.67. The summed E-state index contributed by atoms with van der Waals surface area (Å²) in [5.74, 6) is 0. The summed E-state index contributed by atoms with van der Waals surface area (Å²) in [6.07, 6.45) is 4.78. The minimum absolute atomic E-state index is 0.723. The molecule has 0 heterocycles. The second kappa shape index (κ2) is 7.39. The van der Waals surface area contributed by atoms with E-state index < -0.39 is 0 Å². The van der Waals surface area contributed by atoms with E-state index >= 15 is 0 Å². The van der Waals surface area contributed by atoms with Crippen LogP contribution in [-0.2, 0) is 4.74 Å². The van der Waals surface area contributed by atoms with Crippen LogP contribution in [0.15, 0.2) is 36.6 Å². The Bertz CT molecular complexity index is 218. The number of rotatable bonds is 7. The van der Waals surface area contributed by atoms with E-state index in [4.69, 9.17) is 4.74 Å². The molecule has 0 N–H and O–H groups in total. The molecule has 0 rings (SSSR count). The van der Waals surface area contributed by atoms with Gasteiger partial charge in [0.05, 0.1) is 6.61 Å². The van der Waals surface area contributed by atoms with E-state index in [-0.39, 0.29) is 0 Å². The van der Waals surface area contributed by atoms with Crippen LogP contribution in [0.4, 0.5) is 0 Å². The monoisotopic (exact) mass is 195 g/mol. The van der Waals surface area contributed by atoms with Crippen molar-refractivity contribution in [2.45, 2.75) is 13.3 Å². The molecule has 0 saturated carbocycles. The molecule has 0 aromatic rings. The van der Waals surface area contributed by atoms with Gasteiger partial charge in [-0.3, -0.25) is 0 Å². The molecule has 0 atom stereocenters. The van der Waals surface area contributed by atoms with Crippen molar-refractivity contribution in [1.82, 2.24) is 4.90 Å². The minimum atomic E-state index is 0.723. The summed E-state index contributed by atoms with van der Waals surface area (Å²) in [5, 5.41) is 0. The number of methoxy groups -OCH3 is 1.